The monoisotopic (exact) mass is 268 g/mol. The van der Waals surface area contributed by atoms with Gasteiger partial charge in [-0.1, -0.05) is 43.5 Å². The average Bonchev–Trinajstić information content (AvgIpc) is 2.73. The van der Waals surface area contributed by atoms with Crippen LogP contribution in [0.5, 0.6) is 0 Å². The summed E-state index contributed by atoms with van der Waals surface area (Å²) in [6, 6.07) is 7.08. The Morgan fingerprint density at radius 2 is 2.25 bits per heavy atom. The molecule has 0 amide bonds. The molecule has 2 rings (SSSR count). The molecule has 0 radical (unpaired) electrons. The van der Waals surface area contributed by atoms with Crippen LogP contribution in [-0.2, 0) is 6.54 Å². The number of rotatable bonds is 6. The molecule has 0 saturated carbocycles. The van der Waals surface area contributed by atoms with Crippen LogP contribution in [0.3, 0.4) is 0 Å². The first-order valence-corrected chi connectivity index (χ1v) is 7.13. The molecule has 106 valence electrons. The van der Waals surface area contributed by atoms with Crippen LogP contribution < -0.4 is 5.32 Å². The maximum absolute atomic E-state index is 4.26. The summed E-state index contributed by atoms with van der Waals surface area (Å²) >= 11 is 0. The van der Waals surface area contributed by atoms with Gasteiger partial charge in [-0.15, -0.1) is 0 Å². The molecule has 2 heteroatoms. The second-order valence-corrected chi connectivity index (χ2v) is 5.57. The van der Waals surface area contributed by atoms with E-state index in [1.807, 2.05) is 0 Å². The van der Waals surface area contributed by atoms with Gasteiger partial charge in [-0.2, -0.15) is 0 Å². The van der Waals surface area contributed by atoms with Crippen LogP contribution in [0, 0.1) is 6.92 Å². The highest BCUT2D eigenvalue weighted by Gasteiger charge is 2.25. The second-order valence-electron chi connectivity index (χ2n) is 5.57. The SMILES string of the molecule is C=CNC(=C)CCC(C)N1Cc2cc(C)ccc2C1=C. The Morgan fingerprint density at radius 3 is 2.95 bits per heavy atom. The van der Waals surface area contributed by atoms with Gasteiger partial charge in [0.25, 0.3) is 0 Å². The lowest BCUT2D eigenvalue weighted by Gasteiger charge is -2.27. The predicted octanol–water partition coefficient (Wildman–Crippen LogP) is 4.20. The fraction of sp³-hybridized carbons (Fsp3) is 0.333. The zero-order valence-electron chi connectivity index (χ0n) is 12.6. The molecule has 0 spiro atoms. The van der Waals surface area contributed by atoms with E-state index < -0.39 is 0 Å². The number of aryl methyl sites for hydroxylation is 1. The topological polar surface area (TPSA) is 15.3 Å². The van der Waals surface area contributed by atoms with Crippen molar-refractivity contribution in [3.05, 3.63) is 66.5 Å². The average molecular weight is 268 g/mol. The molecule has 1 atom stereocenters. The lowest BCUT2D eigenvalue weighted by atomic mass is 10.1. The summed E-state index contributed by atoms with van der Waals surface area (Å²) in [4.78, 5) is 2.39. The summed E-state index contributed by atoms with van der Waals surface area (Å²) in [7, 11) is 0. The first-order chi connectivity index (χ1) is 9.52. The third-order valence-electron chi connectivity index (χ3n) is 3.96. The number of allylic oxidation sites excluding steroid dienone is 1. The molecule has 0 saturated heterocycles. The fourth-order valence-corrected chi connectivity index (χ4v) is 2.75. The molecule has 0 bridgehead atoms. The van der Waals surface area contributed by atoms with E-state index in [0.29, 0.717) is 6.04 Å². The largest absolute Gasteiger partial charge is 0.366 e. The van der Waals surface area contributed by atoms with Gasteiger partial charge in [0.1, 0.15) is 0 Å². The molecule has 0 aliphatic carbocycles. The van der Waals surface area contributed by atoms with Gasteiger partial charge in [-0.3, -0.25) is 0 Å². The Morgan fingerprint density at radius 1 is 1.50 bits per heavy atom. The summed E-state index contributed by atoms with van der Waals surface area (Å²) in [5.41, 5.74) is 6.17. The second kappa shape index (κ2) is 6.00. The lowest BCUT2D eigenvalue weighted by molar-refractivity contribution is 0.303. The summed E-state index contributed by atoms with van der Waals surface area (Å²) in [6.45, 7) is 17.3. The minimum Gasteiger partial charge on any atom is -0.366 e. The molecule has 1 heterocycles. The molecular formula is C18H24N2. The fourth-order valence-electron chi connectivity index (χ4n) is 2.75. The number of fused-ring (bicyclic) bond motifs is 1. The quantitative estimate of drug-likeness (QED) is 0.832. The van der Waals surface area contributed by atoms with E-state index in [4.69, 9.17) is 0 Å². The van der Waals surface area contributed by atoms with Gasteiger partial charge in [-0.25, -0.2) is 0 Å². The highest BCUT2D eigenvalue weighted by atomic mass is 15.2. The van der Waals surface area contributed by atoms with Crippen molar-refractivity contribution in [2.75, 3.05) is 0 Å². The molecule has 1 aliphatic heterocycles. The summed E-state index contributed by atoms with van der Waals surface area (Å²) in [5.74, 6) is 0. The first-order valence-electron chi connectivity index (χ1n) is 7.13. The van der Waals surface area contributed by atoms with E-state index in [1.54, 1.807) is 6.20 Å². The standard InChI is InChI=1S/C18H24N2/c1-6-19-14(3)8-9-15(4)20-12-17-11-13(2)7-10-18(17)16(20)5/h6-7,10-11,15,19H,1,3,5,8-9,12H2,2,4H3. The van der Waals surface area contributed by atoms with Crippen LogP contribution in [-0.4, -0.2) is 10.9 Å². The number of hydrogen-bond donors (Lipinski definition) is 1. The van der Waals surface area contributed by atoms with Crippen molar-refractivity contribution in [1.29, 1.82) is 0 Å². The van der Waals surface area contributed by atoms with Crippen molar-refractivity contribution in [2.24, 2.45) is 0 Å². The Kier molecular flexibility index (Phi) is 4.33. The van der Waals surface area contributed by atoms with Gasteiger partial charge in [0.15, 0.2) is 0 Å². The Labute approximate surface area is 122 Å². The van der Waals surface area contributed by atoms with E-state index in [-0.39, 0.29) is 0 Å². The Bertz CT molecular complexity index is 542. The van der Waals surface area contributed by atoms with Crippen molar-refractivity contribution < 1.29 is 0 Å². The Balaban J connectivity index is 1.99. The van der Waals surface area contributed by atoms with Gasteiger partial charge < -0.3 is 10.2 Å². The van der Waals surface area contributed by atoms with Crippen LogP contribution in [0.1, 0.15) is 36.5 Å². The maximum Gasteiger partial charge on any atom is 0.0439 e. The van der Waals surface area contributed by atoms with Crippen molar-refractivity contribution in [2.45, 2.75) is 39.3 Å². The molecule has 1 aromatic carbocycles. The third-order valence-corrected chi connectivity index (χ3v) is 3.96. The van der Waals surface area contributed by atoms with Crippen LogP contribution in [0.2, 0.25) is 0 Å². The predicted molar refractivity (Wildman–Crippen MR) is 86.9 cm³/mol. The third kappa shape index (κ3) is 2.96. The minimum absolute atomic E-state index is 0.457. The van der Waals surface area contributed by atoms with Gasteiger partial charge in [0.05, 0.1) is 0 Å². The number of benzene rings is 1. The molecule has 20 heavy (non-hydrogen) atoms. The summed E-state index contributed by atoms with van der Waals surface area (Å²) in [5, 5.41) is 3.06. The van der Waals surface area contributed by atoms with Crippen LogP contribution in [0.15, 0.2) is 49.8 Å². The summed E-state index contributed by atoms with van der Waals surface area (Å²) < 4.78 is 0. The zero-order valence-corrected chi connectivity index (χ0v) is 12.6. The molecule has 0 fully saturated rings. The van der Waals surface area contributed by atoms with Gasteiger partial charge in [0, 0.05) is 29.5 Å². The van der Waals surface area contributed by atoms with Gasteiger partial charge in [0.2, 0.25) is 0 Å². The minimum atomic E-state index is 0.457. The molecular weight excluding hydrogens is 244 g/mol. The van der Waals surface area contributed by atoms with Crippen LogP contribution >= 0.6 is 0 Å². The highest BCUT2D eigenvalue weighted by molar-refractivity contribution is 5.69. The molecule has 1 unspecified atom stereocenters. The van der Waals surface area contributed by atoms with E-state index in [0.717, 1.165) is 30.8 Å². The Hall–Kier alpha value is -1.96. The number of hydrogen-bond acceptors (Lipinski definition) is 2. The molecule has 1 aliphatic rings. The normalized spacial score (nSPS) is 14.9. The van der Waals surface area contributed by atoms with Crippen molar-refractivity contribution >= 4 is 5.70 Å². The zero-order chi connectivity index (χ0) is 14.7. The molecule has 1 aromatic rings. The smallest absolute Gasteiger partial charge is 0.0439 e. The van der Waals surface area contributed by atoms with Gasteiger partial charge >= 0.3 is 0 Å². The lowest BCUT2D eigenvalue weighted by Crippen LogP contribution is -2.27. The van der Waals surface area contributed by atoms with Crippen LogP contribution in [0.25, 0.3) is 5.70 Å². The molecule has 0 aromatic heterocycles. The van der Waals surface area contributed by atoms with Gasteiger partial charge in [-0.05, 0) is 38.5 Å². The first kappa shape index (κ1) is 14.4. The van der Waals surface area contributed by atoms with E-state index in [2.05, 4.69) is 62.0 Å². The van der Waals surface area contributed by atoms with E-state index in [9.17, 15) is 0 Å². The van der Waals surface area contributed by atoms with Crippen LogP contribution in [0.4, 0.5) is 0 Å². The van der Waals surface area contributed by atoms with E-state index >= 15 is 0 Å². The molecule has 1 N–H and O–H groups in total. The van der Waals surface area contributed by atoms with Crippen molar-refractivity contribution in [1.82, 2.24) is 10.2 Å². The van der Waals surface area contributed by atoms with Crippen molar-refractivity contribution in [3.8, 4) is 0 Å². The highest BCUT2D eigenvalue weighted by Crippen LogP contribution is 2.34. The molecule has 2 nitrogen and oxygen atoms in total. The van der Waals surface area contributed by atoms with E-state index in [1.165, 1.54) is 16.7 Å². The maximum atomic E-state index is 4.26. The number of nitrogens with zero attached hydrogens (tertiary/aromatic N) is 1. The summed E-state index contributed by atoms with van der Waals surface area (Å²) in [6.07, 6.45) is 3.69. The number of nitrogens with one attached hydrogen (secondary N) is 1. The van der Waals surface area contributed by atoms with Crippen molar-refractivity contribution in [3.63, 3.8) is 0 Å².